The molecule has 4 nitrogen and oxygen atoms in total. The zero-order chi connectivity index (χ0) is 23.2. The third-order valence-corrected chi connectivity index (χ3v) is 6.11. The summed E-state index contributed by atoms with van der Waals surface area (Å²) in [7, 11) is 0. The van der Waals surface area contributed by atoms with Crippen molar-refractivity contribution in [3.05, 3.63) is 87.9 Å². The summed E-state index contributed by atoms with van der Waals surface area (Å²) >= 11 is 3.52. The van der Waals surface area contributed by atoms with Crippen molar-refractivity contribution in [2.75, 3.05) is 5.32 Å². The van der Waals surface area contributed by atoms with Crippen molar-refractivity contribution in [1.29, 1.82) is 0 Å². The van der Waals surface area contributed by atoms with Crippen molar-refractivity contribution in [2.24, 2.45) is 4.99 Å². The van der Waals surface area contributed by atoms with Gasteiger partial charge in [-0.05, 0) is 48.4 Å². The second kappa shape index (κ2) is 8.26. The normalized spacial score (nSPS) is 15.4. The van der Waals surface area contributed by atoms with Crippen LogP contribution in [0.1, 0.15) is 36.1 Å². The lowest BCUT2D eigenvalue weighted by atomic mass is 10.0. The SMILES string of the molecule is CCC1N=C(Nc2nc(-c3ccccc3C(F)(F)F)nc3ccccc23)c2ccc(Br)cc21. The Morgan fingerprint density at radius 3 is 2.48 bits per heavy atom. The summed E-state index contributed by atoms with van der Waals surface area (Å²) in [6, 6.07) is 18.6. The second-order valence-corrected chi connectivity index (χ2v) is 8.63. The zero-order valence-corrected chi connectivity index (χ0v) is 19.1. The highest BCUT2D eigenvalue weighted by Gasteiger charge is 2.34. The molecule has 1 aromatic heterocycles. The number of hydrogen-bond acceptors (Lipinski definition) is 4. The van der Waals surface area contributed by atoms with E-state index in [-0.39, 0.29) is 17.4 Å². The van der Waals surface area contributed by atoms with Crippen LogP contribution in [-0.4, -0.2) is 15.8 Å². The molecule has 0 fully saturated rings. The summed E-state index contributed by atoms with van der Waals surface area (Å²) in [6.45, 7) is 2.06. The van der Waals surface area contributed by atoms with Crippen molar-refractivity contribution in [1.82, 2.24) is 9.97 Å². The van der Waals surface area contributed by atoms with Gasteiger partial charge in [0.05, 0.1) is 17.1 Å². The summed E-state index contributed by atoms with van der Waals surface area (Å²) < 4.78 is 42.0. The fourth-order valence-corrected chi connectivity index (χ4v) is 4.44. The van der Waals surface area contributed by atoms with Gasteiger partial charge in [-0.2, -0.15) is 13.2 Å². The summed E-state index contributed by atoms with van der Waals surface area (Å²) in [6.07, 6.45) is -3.70. The quantitative estimate of drug-likeness (QED) is 0.312. The summed E-state index contributed by atoms with van der Waals surface area (Å²) in [5.41, 5.74) is 1.75. The average molecular weight is 511 g/mol. The van der Waals surface area contributed by atoms with Gasteiger partial charge in [0.2, 0.25) is 0 Å². The lowest BCUT2D eigenvalue weighted by Crippen LogP contribution is -2.14. The standard InChI is InChI=1S/C25H18BrF3N4/c1-2-20-18-13-14(26)11-12-15(18)22(30-20)32-24-17-8-4-6-10-21(17)31-23(33-24)16-7-3-5-9-19(16)25(27,28)29/h3-13,20H,2H2,1H3,(H,30,31,32,33). The molecule has 33 heavy (non-hydrogen) atoms. The van der Waals surface area contributed by atoms with E-state index in [0.717, 1.165) is 28.1 Å². The van der Waals surface area contributed by atoms with Crippen LogP contribution in [0.3, 0.4) is 0 Å². The number of halogens is 4. The van der Waals surface area contributed by atoms with Crippen LogP contribution in [0, 0.1) is 0 Å². The van der Waals surface area contributed by atoms with E-state index in [9.17, 15) is 13.2 Å². The number of amidine groups is 1. The molecule has 166 valence electrons. The molecule has 2 heterocycles. The van der Waals surface area contributed by atoms with Gasteiger partial charge in [-0.3, -0.25) is 4.99 Å². The molecule has 4 aromatic rings. The van der Waals surface area contributed by atoms with Gasteiger partial charge >= 0.3 is 6.18 Å². The van der Waals surface area contributed by atoms with Gasteiger partial charge in [0.1, 0.15) is 11.7 Å². The van der Waals surface area contributed by atoms with Gasteiger partial charge in [0, 0.05) is 21.0 Å². The van der Waals surface area contributed by atoms with Gasteiger partial charge in [-0.25, -0.2) is 9.97 Å². The number of anilines is 1. The van der Waals surface area contributed by atoms with Crippen molar-refractivity contribution >= 4 is 38.5 Å². The molecule has 1 atom stereocenters. The molecule has 0 bridgehead atoms. The number of para-hydroxylation sites is 1. The zero-order valence-electron chi connectivity index (χ0n) is 17.5. The fourth-order valence-electron chi connectivity index (χ4n) is 4.06. The van der Waals surface area contributed by atoms with Crippen molar-refractivity contribution in [2.45, 2.75) is 25.6 Å². The predicted octanol–water partition coefficient (Wildman–Crippen LogP) is 7.40. The number of nitrogens with one attached hydrogen (secondary N) is 1. The summed E-state index contributed by atoms with van der Waals surface area (Å²) in [5.74, 6) is 1.06. The molecule has 0 spiro atoms. The van der Waals surface area contributed by atoms with Crippen molar-refractivity contribution in [3.63, 3.8) is 0 Å². The van der Waals surface area contributed by atoms with Crippen LogP contribution in [0.25, 0.3) is 22.3 Å². The van der Waals surface area contributed by atoms with E-state index in [4.69, 9.17) is 4.99 Å². The molecular weight excluding hydrogens is 493 g/mol. The Kier molecular flexibility index (Phi) is 5.40. The molecule has 5 rings (SSSR count). The third kappa shape index (κ3) is 3.99. The van der Waals surface area contributed by atoms with Gasteiger partial charge in [0.15, 0.2) is 5.82 Å². The highest BCUT2D eigenvalue weighted by atomic mass is 79.9. The summed E-state index contributed by atoms with van der Waals surface area (Å²) in [5, 5.41) is 4.00. The highest BCUT2D eigenvalue weighted by Crippen LogP contribution is 2.38. The largest absolute Gasteiger partial charge is 0.417 e. The van der Waals surface area contributed by atoms with Crippen LogP contribution in [0.5, 0.6) is 0 Å². The first-order valence-corrected chi connectivity index (χ1v) is 11.2. The first-order chi connectivity index (χ1) is 15.8. The minimum Gasteiger partial charge on any atom is -0.324 e. The van der Waals surface area contributed by atoms with Crippen LogP contribution in [-0.2, 0) is 6.18 Å². The average Bonchev–Trinajstić information content (AvgIpc) is 3.15. The Hall–Kier alpha value is -3.26. The smallest absolute Gasteiger partial charge is 0.324 e. The lowest BCUT2D eigenvalue weighted by Gasteiger charge is -2.15. The highest BCUT2D eigenvalue weighted by molar-refractivity contribution is 9.10. The van der Waals surface area contributed by atoms with E-state index in [0.29, 0.717) is 22.6 Å². The molecule has 1 unspecified atom stereocenters. The maximum Gasteiger partial charge on any atom is 0.417 e. The lowest BCUT2D eigenvalue weighted by molar-refractivity contribution is -0.137. The number of nitrogens with zero attached hydrogens (tertiary/aromatic N) is 3. The Morgan fingerprint density at radius 2 is 1.70 bits per heavy atom. The monoisotopic (exact) mass is 510 g/mol. The molecule has 0 amide bonds. The van der Waals surface area contributed by atoms with Gasteiger partial charge < -0.3 is 5.32 Å². The second-order valence-electron chi connectivity index (χ2n) is 7.71. The van der Waals surface area contributed by atoms with Crippen LogP contribution in [0.4, 0.5) is 19.0 Å². The van der Waals surface area contributed by atoms with Crippen LogP contribution < -0.4 is 5.32 Å². The first kappa shape index (κ1) is 21.6. The number of benzene rings is 3. The number of hydrogen-bond donors (Lipinski definition) is 1. The first-order valence-electron chi connectivity index (χ1n) is 10.4. The Labute approximate surface area is 196 Å². The number of aromatic nitrogens is 2. The maximum atomic E-state index is 13.7. The van der Waals surface area contributed by atoms with Gasteiger partial charge in [0.25, 0.3) is 0 Å². The number of rotatable bonds is 3. The number of fused-ring (bicyclic) bond motifs is 2. The van der Waals surface area contributed by atoms with Gasteiger partial charge in [-0.15, -0.1) is 0 Å². The molecule has 0 saturated carbocycles. The topological polar surface area (TPSA) is 50.2 Å². The van der Waals surface area contributed by atoms with Gasteiger partial charge in [-0.1, -0.05) is 53.2 Å². The minimum absolute atomic E-state index is 0.00136. The molecule has 0 radical (unpaired) electrons. The predicted molar refractivity (Wildman–Crippen MR) is 127 cm³/mol. The molecular formula is C25H18BrF3N4. The van der Waals surface area contributed by atoms with Crippen LogP contribution in [0.2, 0.25) is 0 Å². The minimum atomic E-state index is -4.52. The van der Waals surface area contributed by atoms with E-state index in [1.165, 1.54) is 12.1 Å². The van der Waals surface area contributed by atoms with Crippen molar-refractivity contribution < 1.29 is 13.2 Å². The van der Waals surface area contributed by atoms with E-state index >= 15 is 0 Å². The summed E-state index contributed by atoms with van der Waals surface area (Å²) in [4.78, 5) is 13.8. The third-order valence-electron chi connectivity index (χ3n) is 5.61. The van der Waals surface area contributed by atoms with Crippen LogP contribution >= 0.6 is 15.9 Å². The molecule has 0 aliphatic carbocycles. The van der Waals surface area contributed by atoms with E-state index in [2.05, 4.69) is 38.1 Å². The number of alkyl halides is 3. The van der Waals surface area contributed by atoms with E-state index in [1.807, 2.05) is 30.3 Å². The van der Waals surface area contributed by atoms with E-state index in [1.54, 1.807) is 18.2 Å². The Balaban J connectivity index is 1.65. The van der Waals surface area contributed by atoms with Crippen LogP contribution in [0.15, 0.2) is 76.2 Å². The maximum absolute atomic E-state index is 13.7. The fraction of sp³-hybridized carbons (Fsp3) is 0.160. The molecule has 3 aromatic carbocycles. The molecule has 1 aliphatic heterocycles. The Bertz CT molecular complexity index is 1400. The number of aliphatic imine (C=N–C) groups is 1. The Morgan fingerprint density at radius 1 is 0.939 bits per heavy atom. The van der Waals surface area contributed by atoms with Crippen molar-refractivity contribution in [3.8, 4) is 11.4 Å². The molecule has 8 heteroatoms. The van der Waals surface area contributed by atoms with E-state index < -0.39 is 11.7 Å². The molecule has 1 aliphatic rings. The molecule has 0 saturated heterocycles. The molecule has 1 N–H and O–H groups in total.